The van der Waals surface area contributed by atoms with E-state index in [-0.39, 0.29) is 5.91 Å². The highest BCUT2D eigenvalue weighted by molar-refractivity contribution is 6.31. The number of amides is 1. The van der Waals surface area contributed by atoms with E-state index in [1.165, 1.54) is 5.56 Å². The molecule has 2 heterocycles. The van der Waals surface area contributed by atoms with Crippen LogP contribution in [0.2, 0.25) is 5.02 Å². The first-order chi connectivity index (χ1) is 14.2. The minimum absolute atomic E-state index is 0.0957. The highest BCUT2D eigenvalue weighted by atomic mass is 35.5. The van der Waals surface area contributed by atoms with Crippen molar-refractivity contribution in [2.24, 2.45) is 0 Å². The Morgan fingerprint density at radius 3 is 2.17 bits per heavy atom. The zero-order valence-corrected chi connectivity index (χ0v) is 16.8. The van der Waals surface area contributed by atoms with Crippen LogP contribution in [0.25, 0.3) is 10.9 Å². The van der Waals surface area contributed by atoms with E-state index >= 15 is 0 Å². The molecule has 0 atom stereocenters. The van der Waals surface area contributed by atoms with Gasteiger partial charge in [-0.05, 0) is 41.3 Å². The van der Waals surface area contributed by atoms with Gasteiger partial charge in [0.25, 0.3) is 5.91 Å². The Hall–Kier alpha value is -3.04. The fourth-order valence-corrected chi connectivity index (χ4v) is 4.45. The summed E-state index contributed by atoms with van der Waals surface area (Å²) in [6.07, 6.45) is 0.840. The summed E-state index contributed by atoms with van der Waals surface area (Å²) < 4.78 is 2.16. The molecule has 4 aromatic rings. The largest absolute Gasteiger partial charge is 0.333 e. The Balaban J connectivity index is 1.60. The van der Waals surface area contributed by atoms with E-state index < -0.39 is 0 Å². The fraction of sp³-hybridized carbons (Fsp3) is 0.160. The summed E-state index contributed by atoms with van der Waals surface area (Å²) in [6.45, 7) is 2.02. The monoisotopic (exact) mass is 400 g/mol. The van der Waals surface area contributed by atoms with Gasteiger partial charge in [0.05, 0.1) is 0 Å². The molecular weight excluding hydrogens is 380 g/mol. The quantitative estimate of drug-likeness (QED) is 0.441. The van der Waals surface area contributed by atoms with Crippen LogP contribution in [0, 0.1) is 0 Å². The summed E-state index contributed by atoms with van der Waals surface area (Å²) in [5.74, 6) is 0.0957. The molecule has 0 saturated carbocycles. The van der Waals surface area contributed by atoms with Gasteiger partial charge < -0.3 is 9.47 Å². The average molecular weight is 401 g/mol. The first-order valence-electron chi connectivity index (χ1n) is 9.88. The highest BCUT2D eigenvalue weighted by Gasteiger charge is 2.31. The number of halogens is 1. The number of carbonyl (C=O) groups excluding carboxylic acids is 1. The molecule has 3 nitrogen and oxygen atoms in total. The van der Waals surface area contributed by atoms with Gasteiger partial charge in [-0.2, -0.15) is 0 Å². The molecule has 1 aromatic heterocycles. The van der Waals surface area contributed by atoms with Crippen LogP contribution in [-0.4, -0.2) is 21.9 Å². The number of fused-ring (bicyclic) bond motifs is 3. The molecule has 29 heavy (non-hydrogen) atoms. The third kappa shape index (κ3) is 3.32. The van der Waals surface area contributed by atoms with Crippen LogP contribution in [0.3, 0.4) is 0 Å². The zero-order chi connectivity index (χ0) is 19.8. The lowest BCUT2D eigenvalue weighted by molar-refractivity contribution is 0.0716. The summed E-state index contributed by atoms with van der Waals surface area (Å²) in [4.78, 5) is 15.5. The van der Waals surface area contributed by atoms with Crippen molar-refractivity contribution in [3.05, 3.63) is 106 Å². The Morgan fingerprint density at radius 1 is 0.828 bits per heavy atom. The SMILES string of the molecule is O=C1c2c(c3cc(Cl)ccc3n2Cc2ccccc2)CCN1Cc1ccccc1. The number of hydrogen-bond acceptors (Lipinski definition) is 1. The molecular formula is C25H21ClN2O. The molecule has 1 aliphatic heterocycles. The second-order valence-electron chi connectivity index (χ2n) is 7.52. The predicted octanol–water partition coefficient (Wildman–Crippen LogP) is 5.54. The van der Waals surface area contributed by atoms with E-state index in [1.807, 2.05) is 59.5 Å². The van der Waals surface area contributed by atoms with Crippen LogP contribution in [0.4, 0.5) is 0 Å². The van der Waals surface area contributed by atoms with E-state index in [2.05, 4.69) is 28.8 Å². The van der Waals surface area contributed by atoms with Gasteiger partial charge in [-0.15, -0.1) is 0 Å². The van der Waals surface area contributed by atoms with Gasteiger partial charge in [0.15, 0.2) is 0 Å². The van der Waals surface area contributed by atoms with E-state index in [4.69, 9.17) is 11.6 Å². The van der Waals surface area contributed by atoms with Gasteiger partial charge in [0, 0.05) is 35.6 Å². The number of hydrogen-bond donors (Lipinski definition) is 0. The lowest BCUT2D eigenvalue weighted by atomic mass is 10.0. The molecule has 3 aromatic carbocycles. The summed E-state index contributed by atoms with van der Waals surface area (Å²) >= 11 is 6.30. The van der Waals surface area contributed by atoms with Crippen molar-refractivity contribution in [3.63, 3.8) is 0 Å². The Bertz CT molecular complexity index is 1180. The Labute approximate surface area is 175 Å². The summed E-state index contributed by atoms with van der Waals surface area (Å²) in [5, 5.41) is 1.80. The van der Waals surface area contributed by atoms with E-state index in [0.29, 0.717) is 18.1 Å². The van der Waals surface area contributed by atoms with Crippen molar-refractivity contribution in [1.82, 2.24) is 9.47 Å². The number of nitrogens with zero attached hydrogens (tertiary/aromatic N) is 2. The molecule has 0 fully saturated rings. The van der Waals surface area contributed by atoms with Gasteiger partial charge in [0.2, 0.25) is 0 Å². The van der Waals surface area contributed by atoms with Gasteiger partial charge in [-0.25, -0.2) is 0 Å². The van der Waals surface area contributed by atoms with Crippen LogP contribution >= 0.6 is 11.6 Å². The predicted molar refractivity (Wildman–Crippen MR) is 117 cm³/mol. The first kappa shape index (κ1) is 18.0. The number of rotatable bonds is 4. The minimum Gasteiger partial charge on any atom is -0.333 e. The summed E-state index contributed by atoms with van der Waals surface area (Å²) in [5.41, 5.74) is 5.31. The third-order valence-corrected chi connectivity index (χ3v) is 5.89. The van der Waals surface area contributed by atoms with Crippen LogP contribution in [-0.2, 0) is 19.5 Å². The maximum atomic E-state index is 13.6. The molecule has 0 bridgehead atoms. The van der Waals surface area contributed by atoms with E-state index in [0.717, 1.165) is 40.7 Å². The van der Waals surface area contributed by atoms with Gasteiger partial charge >= 0.3 is 0 Å². The second-order valence-corrected chi connectivity index (χ2v) is 7.96. The van der Waals surface area contributed by atoms with Crippen LogP contribution in [0.1, 0.15) is 27.2 Å². The lowest BCUT2D eigenvalue weighted by Gasteiger charge is -2.28. The number of aromatic nitrogens is 1. The van der Waals surface area contributed by atoms with Gasteiger partial charge in [-0.1, -0.05) is 72.3 Å². The molecule has 5 rings (SSSR count). The number of carbonyl (C=O) groups is 1. The maximum Gasteiger partial charge on any atom is 0.271 e. The molecule has 0 N–H and O–H groups in total. The fourth-order valence-electron chi connectivity index (χ4n) is 4.28. The van der Waals surface area contributed by atoms with Crippen molar-refractivity contribution >= 4 is 28.4 Å². The summed E-state index contributed by atoms with van der Waals surface area (Å²) in [6, 6.07) is 26.4. The molecule has 1 amide bonds. The molecule has 144 valence electrons. The van der Waals surface area contributed by atoms with E-state index in [9.17, 15) is 4.79 Å². The summed E-state index contributed by atoms with van der Waals surface area (Å²) in [7, 11) is 0. The molecule has 0 radical (unpaired) electrons. The van der Waals surface area contributed by atoms with Crippen LogP contribution < -0.4 is 0 Å². The number of benzene rings is 3. The van der Waals surface area contributed by atoms with Crippen molar-refractivity contribution in [1.29, 1.82) is 0 Å². The first-order valence-corrected chi connectivity index (χ1v) is 10.3. The molecule has 0 saturated heterocycles. The standard InChI is InChI=1S/C25H21ClN2O/c26-20-11-12-23-22(15-20)21-13-14-27(16-18-7-3-1-4-8-18)25(29)24(21)28(23)17-19-9-5-2-6-10-19/h1-12,15H,13-14,16-17H2. The molecule has 4 heteroatoms. The highest BCUT2D eigenvalue weighted by Crippen LogP contribution is 2.33. The van der Waals surface area contributed by atoms with Crippen molar-refractivity contribution in [2.75, 3.05) is 6.54 Å². The minimum atomic E-state index is 0.0957. The van der Waals surface area contributed by atoms with Crippen molar-refractivity contribution in [3.8, 4) is 0 Å². The molecule has 0 unspecified atom stereocenters. The molecule has 0 spiro atoms. The second kappa shape index (κ2) is 7.41. The third-order valence-electron chi connectivity index (χ3n) is 5.65. The maximum absolute atomic E-state index is 13.6. The Kier molecular flexibility index (Phi) is 4.61. The van der Waals surface area contributed by atoms with Crippen molar-refractivity contribution in [2.45, 2.75) is 19.5 Å². The molecule has 0 aliphatic carbocycles. The normalized spacial score (nSPS) is 13.7. The lowest BCUT2D eigenvalue weighted by Crippen LogP contribution is -2.38. The average Bonchev–Trinajstić information content (AvgIpc) is 3.05. The van der Waals surface area contributed by atoms with Gasteiger partial charge in [0.1, 0.15) is 5.69 Å². The van der Waals surface area contributed by atoms with Gasteiger partial charge in [-0.3, -0.25) is 4.79 Å². The molecule has 1 aliphatic rings. The topological polar surface area (TPSA) is 25.2 Å². The van der Waals surface area contributed by atoms with Crippen molar-refractivity contribution < 1.29 is 4.79 Å². The van der Waals surface area contributed by atoms with Crippen LogP contribution in [0.5, 0.6) is 0 Å². The zero-order valence-electron chi connectivity index (χ0n) is 16.0. The smallest absolute Gasteiger partial charge is 0.271 e. The van der Waals surface area contributed by atoms with E-state index in [1.54, 1.807) is 0 Å². The Morgan fingerprint density at radius 2 is 1.48 bits per heavy atom. The van der Waals surface area contributed by atoms with Crippen LogP contribution in [0.15, 0.2) is 78.9 Å².